The van der Waals surface area contributed by atoms with Gasteiger partial charge in [-0.2, -0.15) is 0 Å². The number of fused-ring (bicyclic) bond motifs is 5. The fourth-order valence-electron chi connectivity index (χ4n) is 4.44. The third-order valence-corrected chi connectivity index (χ3v) is 5.97. The molecule has 2 atom stereocenters. The van der Waals surface area contributed by atoms with E-state index in [2.05, 4.69) is 0 Å². The molecule has 1 aromatic heterocycles. The maximum absolute atomic E-state index is 13.4. The lowest BCUT2D eigenvalue weighted by Crippen LogP contribution is -2.48. The van der Waals surface area contributed by atoms with E-state index in [-0.39, 0.29) is 18.0 Å². The lowest BCUT2D eigenvalue weighted by molar-refractivity contribution is 0.0555. The van der Waals surface area contributed by atoms with Gasteiger partial charge in [-0.25, -0.2) is 4.79 Å². The quantitative estimate of drug-likeness (QED) is 0.797. The van der Waals surface area contributed by atoms with Gasteiger partial charge in [0.25, 0.3) is 5.91 Å². The van der Waals surface area contributed by atoms with Crippen molar-refractivity contribution in [2.45, 2.75) is 25.8 Å². The van der Waals surface area contributed by atoms with Crippen LogP contribution in [0.3, 0.4) is 0 Å². The minimum absolute atomic E-state index is 0.0122. The number of ether oxygens (including phenoxy) is 1. The Balaban J connectivity index is 1.63. The maximum Gasteiger partial charge on any atom is 0.319 e. The molecule has 2 aromatic rings. The molecule has 0 saturated carbocycles. The van der Waals surface area contributed by atoms with Crippen molar-refractivity contribution < 1.29 is 18.7 Å². The number of hydrogen-bond acceptors (Lipinski definition) is 4. The summed E-state index contributed by atoms with van der Waals surface area (Å²) in [5, 5.41) is 0.925. The van der Waals surface area contributed by atoms with Gasteiger partial charge in [-0.05, 0) is 37.8 Å². The lowest BCUT2D eigenvalue weighted by atomic mass is 9.94. The number of aryl methyl sites for hydroxylation is 1. The van der Waals surface area contributed by atoms with Gasteiger partial charge in [-0.1, -0.05) is 0 Å². The molecule has 150 valence electrons. The molecule has 3 aliphatic rings. The molecule has 3 saturated heterocycles. The first-order valence-electron chi connectivity index (χ1n) is 9.73. The molecule has 28 heavy (non-hydrogen) atoms. The third kappa shape index (κ3) is 3.08. The number of amides is 3. The van der Waals surface area contributed by atoms with E-state index in [0.717, 1.165) is 23.8 Å². The first-order valence-corrected chi connectivity index (χ1v) is 9.73. The first kappa shape index (κ1) is 18.7. The van der Waals surface area contributed by atoms with Gasteiger partial charge in [-0.3, -0.25) is 4.79 Å². The van der Waals surface area contributed by atoms with Gasteiger partial charge in [0.2, 0.25) is 0 Å². The summed E-state index contributed by atoms with van der Waals surface area (Å²) in [6.45, 7) is 3.87. The Kier molecular flexibility index (Phi) is 4.69. The monoisotopic (exact) mass is 385 g/mol. The Morgan fingerprint density at radius 2 is 1.96 bits per heavy atom. The van der Waals surface area contributed by atoms with Crippen molar-refractivity contribution in [3.8, 4) is 5.75 Å². The molecule has 0 aliphatic carbocycles. The van der Waals surface area contributed by atoms with Crippen molar-refractivity contribution in [3.05, 3.63) is 29.5 Å². The molecule has 3 amide bonds. The lowest BCUT2D eigenvalue weighted by Gasteiger charge is -2.35. The highest BCUT2D eigenvalue weighted by Crippen LogP contribution is 2.33. The fraction of sp³-hybridized carbons (Fsp3) is 0.524. The van der Waals surface area contributed by atoms with Crippen LogP contribution in [0.25, 0.3) is 11.0 Å². The predicted octanol–water partition coefficient (Wildman–Crippen LogP) is 2.97. The van der Waals surface area contributed by atoms with Gasteiger partial charge >= 0.3 is 6.03 Å². The van der Waals surface area contributed by atoms with Crippen LogP contribution in [-0.2, 0) is 0 Å². The van der Waals surface area contributed by atoms with E-state index in [9.17, 15) is 9.59 Å². The van der Waals surface area contributed by atoms with Crippen molar-refractivity contribution in [3.63, 3.8) is 0 Å². The number of carbonyl (C=O) groups is 2. The van der Waals surface area contributed by atoms with Gasteiger partial charge in [-0.15, -0.1) is 0 Å². The number of piperidine rings is 1. The minimum Gasteiger partial charge on any atom is -0.497 e. The van der Waals surface area contributed by atoms with Gasteiger partial charge in [0.05, 0.1) is 7.11 Å². The Morgan fingerprint density at radius 3 is 2.68 bits per heavy atom. The van der Waals surface area contributed by atoms with Gasteiger partial charge in [0.1, 0.15) is 11.3 Å². The van der Waals surface area contributed by atoms with Gasteiger partial charge in [0.15, 0.2) is 5.76 Å². The van der Waals surface area contributed by atoms with Crippen LogP contribution in [0.4, 0.5) is 4.79 Å². The average molecular weight is 385 g/mol. The highest BCUT2D eigenvalue weighted by atomic mass is 16.5. The summed E-state index contributed by atoms with van der Waals surface area (Å²) >= 11 is 0. The fourth-order valence-corrected chi connectivity index (χ4v) is 4.44. The van der Waals surface area contributed by atoms with E-state index in [1.54, 1.807) is 26.1 Å². The molecule has 3 aliphatic heterocycles. The van der Waals surface area contributed by atoms with E-state index in [1.165, 1.54) is 0 Å². The highest BCUT2D eigenvalue weighted by Gasteiger charge is 2.40. The standard InChI is InChI=1S/C21H27N3O4/c1-13-17-8-7-16(27-4)9-18(17)28-19(13)20(25)24-11-14-5-6-15(24)12-23(10-14)21(26)22(2)3/h7-9,14-15H,5-6,10-12H2,1-4H3/t14-,15+/m1/s1. The highest BCUT2D eigenvalue weighted by molar-refractivity contribution is 5.99. The molecular weight excluding hydrogens is 358 g/mol. The second kappa shape index (κ2) is 7.04. The van der Waals surface area contributed by atoms with Crippen LogP contribution in [0, 0.1) is 12.8 Å². The second-order valence-electron chi connectivity index (χ2n) is 8.05. The van der Waals surface area contributed by atoms with Crippen molar-refractivity contribution in [2.24, 2.45) is 5.92 Å². The summed E-state index contributed by atoms with van der Waals surface area (Å²) in [4.78, 5) is 31.3. The van der Waals surface area contributed by atoms with E-state index in [4.69, 9.17) is 9.15 Å². The Bertz CT molecular complexity index is 920. The van der Waals surface area contributed by atoms with Crippen molar-refractivity contribution in [1.29, 1.82) is 0 Å². The number of carbonyl (C=O) groups excluding carboxylic acids is 2. The molecule has 1 aromatic carbocycles. The molecule has 4 heterocycles. The smallest absolute Gasteiger partial charge is 0.319 e. The summed E-state index contributed by atoms with van der Waals surface area (Å²) in [7, 11) is 5.14. The summed E-state index contributed by atoms with van der Waals surface area (Å²) in [5.74, 6) is 1.31. The maximum atomic E-state index is 13.4. The summed E-state index contributed by atoms with van der Waals surface area (Å²) in [6.07, 6.45) is 1.96. The van der Waals surface area contributed by atoms with Gasteiger partial charge < -0.3 is 23.9 Å². The van der Waals surface area contributed by atoms with E-state index >= 15 is 0 Å². The van der Waals surface area contributed by atoms with Crippen LogP contribution in [0.5, 0.6) is 5.75 Å². The van der Waals surface area contributed by atoms with E-state index in [0.29, 0.717) is 42.6 Å². The second-order valence-corrected chi connectivity index (χ2v) is 8.05. The molecule has 5 rings (SSSR count). The Morgan fingerprint density at radius 1 is 1.18 bits per heavy atom. The number of rotatable bonds is 2. The molecule has 0 spiro atoms. The first-order chi connectivity index (χ1) is 13.4. The van der Waals surface area contributed by atoms with Crippen LogP contribution < -0.4 is 4.74 Å². The number of methoxy groups -OCH3 is 1. The SMILES string of the molecule is COc1ccc2c(C)c(C(=O)N3C[C@@H]4CC[C@H]3CN(C(=O)N(C)C)C4)oc2c1. The summed E-state index contributed by atoms with van der Waals surface area (Å²) in [6, 6.07) is 5.65. The summed E-state index contributed by atoms with van der Waals surface area (Å²) in [5.41, 5.74) is 1.51. The number of nitrogens with zero attached hydrogens (tertiary/aromatic N) is 3. The minimum atomic E-state index is -0.0819. The zero-order chi connectivity index (χ0) is 20.0. The molecule has 2 bridgehead atoms. The van der Waals surface area contributed by atoms with Crippen molar-refractivity contribution in [2.75, 3.05) is 40.8 Å². The Labute approximate surface area is 164 Å². The van der Waals surface area contributed by atoms with Crippen LogP contribution in [-0.4, -0.2) is 73.5 Å². The van der Waals surface area contributed by atoms with E-state index in [1.807, 2.05) is 34.9 Å². The zero-order valence-electron chi connectivity index (χ0n) is 16.9. The summed E-state index contributed by atoms with van der Waals surface area (Å²) < 4.78 is 11.2. The van der Waals surface area contributed by atoms with Crippen LogP contribution in [0.15, 0.2) is 22.6 Å². The molecule has 0 N–H and O–H groups in total. The predicted molar refractivity (Wildman–Crippen MR) is 106 cm³/mol. The zero-order valence-corrected chi connectivity index (χ0v) is 16.9. The number of urea groups is 1. The topological polar surface area (TPSA) is 66.2 Å². The number of hydrogen-bond donors (Lipinski definition) is 0. The van der Waals surface area contributed by atoms with Crippen LogP contribution >= 0.6 is 0 Å². The molecular formula is C21H27N3O4. The normalized spacial score (nSPS) is 21.7. The third-order valence-electron chi connectivity index (χ3n) is 5.97. The molecule has 7 nitrogen and oxygen atoms in total. The molecule has 3 fully saturated rings. The molecule has 0 radical (unpaired) electrons. The van der Waals surface area contributed by atoms with Crippen molar-refractivity contribution >= 4 is 22.9 Å². The average Bonchev–Trinajstić information content (AvgIpc) is 2.84. The van der Waals surface area contributed by atoms with Gasteiger partial charge in [0, 0.05) is 56.8 Å². The Hall–Kier alpha value is -2.70. The van der Waals surface area contributed by atoms with E-state index < -0.39 is 0 Å². The molecule has 7 heteroatoms. The van der Waals surface area contributed by atoms with Crippen LogP contribution in [0.2, 0.25) is 0 Å². The largest absolute Gasteiger partial charge is 0.497 e. The number of benzene rings is 1. The van der Waals surface area contributed by atoms with Crippen molar-refractivity contribution in [1.82, 2.24) is 14.7 Å². The van der Waals surface area contributed by atoms with Crippen LogP contribution in [0.1, 0.15) is 29.0 Å². The number of furan rings is 1. The molecule has 0 unspecified atom stereocenters.